The van der Waals surface area contributed by atoms with Crippen molar-refractivity contribution in [3.63, 3.8) is 0 Å². The molecule has 0 saturated carbocycles. The first kappa shape index (κ1) is 17.0. The van der Waals surface area contributed by atoms with Crippen LogP contribution in [0.1, 0.15) is 35.7 Å². The first-order valence-corrected chi connectivity index (χ1v) is 8.25. The van der Waals surface area contributed by atoms with Gasteiger partial charge in [0.25, 0.3) is 0 Å². The van der Waals surface area contributed by atoms with Crippen LogP contribution in [0.15, 0.2) is 40.9 Å². The van der Waals surface area contributed by atoms with E-state index in [4.69, 9.17) is 4.42 Å². The van der Waals surface area contributed by atoms with Crippen LogP contribution in [0.3, 0.4) is 0 Å². The molecule has 1 atom stereocenters. The SMILES string of the molecule is Cc1oc(-c2ccccc2)nc1CC(=O)N[C@H](C)c1cnn(C)c1C. The van der Waals surface area contributed by atoms with Crippen LogP contribution < -0.4 is 5.32 Å². The van der Waals surface area contributed by atoms with Crippen LogP contribution in [0, 0.1) is 13.8 Å². The van der Waals surface area contributed by atoms with Crippen LogP contribution in [0.5, 0.6) is 0 Å². The van der Waals surface area contributed by atoms with Gasteiger partial charge in [0.2, 0.25) is 11.8 Å². The van der Waals surface area contributed by atoms with Gasteiger partial charge in [-0.3, -0.25) is 9.48 Å². The summed E-state index contributed by atoms with van der Waals surface area (Å²) >= 11 is 0. The molecule has 2 heterocycles. The zero-order valence-electron chi connectivity index (χ0n) is 14.9. The number of hydrogen-bond donors (Lipinski definition) is 1. The highest BCUT2D eigenvalue weighted by atomic mass is 16.4. The molecular formula is C19H22N4O2. The highest BCUT2D eigenvalue weighted by Gasteiger charge is 2.18. The number of nitrogens with zero attached hydrogens (tertiary/aromatic N) is 3. The lowest BCUT2D eigenvalue weighted by Gasteiger charge is -2.13. The number of aryl methyl sites for hydroxylation is 2. The Morgan fingerprint density at radius 1 is 1.28 bits per heavy atom. The van der Waals surface area contributed by atoms with Crippen LogP contribution in [0.4, 0.5) is 0 Å². The van der Waals surface area contributed by atoms with Crippen molar-refractivity contribution in [3.05, 3.63) is 59.2 Å². The molecule has 0 saturated heterocycles. The van der Waals surface area contributed by atoms with Gasteiger partial charge in [0.1, 0.15) is 5.76 Å². The summed E-state index contributed by atoms with van der Waals surface area (Å²) in [5, 5.41) is 7.22. The number of amides is 1. The van der Waals surface area contributed by atoms with E-state index in [-0.39, 0.29) is 18.4 Å². The average Bonchev–Trinajstić information content (AvgIpc) is 3.12. The van der Waals surface area contributed by atoms with Crippen LogP contribution in [0.25, 0.3) is 11.5 Å². The van der Waals surface area contributed by atoms with Crippen molar-refractivity contribution >= 4 is 5.91 Å². The van der Waals surface area contributed by atoms with Crippen LogP contribution in [-0.2, 0) is 18.3 Å². The van der Waals surface area contributed by atoms with Gasteiger partial charge in [-0.2, -0.15) is 5.10 Å². The normalized spacial score (nSPS) is 12.2. The summed E-state index contributed by atoms with van der Waals surface area (Å²) in [6.07, 6.45) is 1.97. The first-order valence-electron chi connectivity index (χ1n) is 8.25. The molecule has 0 bridgehead atoms. The lowest BCUT2D eigenvalue weighted by Crippen LogP contribution is -2.28. The van der Waals surface area contributed by atoms with Gasteiger partial charge >= 0.3 is 0 Å². The van der Waals surface area contributed by atoms with E-state index in [1.54, 1.807) is 10.9 Å². The van der Waals surface area contributed by atoms with E-state index in [1.807, 2.05) is 58.2 Å². The van der Waals surface area contributed by atoms with Gasteiger partial charge in [0.15, 0.2) is 0 Å². The fraction of sp³-hybridized carbons (Fsp3) is 0.316. The van der Waals surface area contributed by atoms with Crippen molar-refractivity contribution in [1.29, 1.82) is 0 Å². The summed E-state index contributed by atoms with van der Waals surface area (Å²) in [7, 11) is 1.89. The molecule has 0 aliphatic carbocycles. The Bertz CT molecular complexity index is 880. The summed E-state index contributed by atoms with van der Waals surface area (Å²) in [4.78, 5) is 16.9. The van der Waals surface area contributed by atoms with Crippen LogP contribution in [0.2, 0.25) is 0 Å². The van der Waals surface area contributed by atoms with E-state index in [0.717, 1.165) is 16.8 Å². The summed E-state index contributed by atoms with van der Waals surface area (Å²) in [6, 6.07) is 9.56. The number of hydrogen-bond acceptors (Lipinski definition) is 4. The molecule has 3 aromatic rings. The molecule has 1 aromatic carbocycles. The van der Waals surface area contributed by atoms with Gasteiger partial charge in [-0.05, 0) is 32.9 Å². The van der Waals surface area contributed by atoms with Crippen molar-refractivity contribution < 1.29 is 9.21 Å². The number of carbonyl (C=O) groups excluding carboxylic acids is 1. The zero-order valence-corrected chi connectivity index (χ0v) is 14.9. The van der Waals surface area contributed by atoms with E-state index in [1.165, 1.54) is 0 Å². The largest absolute Gasteiger partial charge is 0.441 e. The van der Waals surface area contributed by atoms with Gasteiger partial charge in [0, 0.05) is 23.9 Å². The molecule has 0 fully saturated rings. The van der Waals surface area contributed by atoms with Crippen molar-refractivity contribution in [2.24, 2.45) is 7.05 Å². The molecule has 0 unspecified atom stereocenters. The zero-order chi connectivity index (χ0) is 18.0. The Labute approximate surface area is 146 Å². The van der Waals surface area contributed by atoms with Gasteiger partial charge < -0.3 is 9.73 Å². The summed E-state index contributed by atoms with van der Waals surface area (Å²) in [5.41, 5.74) is 3.61. The lowest BCUT2D eigenvalue weighted by atomic mass is 10.1. The maximum atomic E-state index is 12.4. The molecule has 2 aromatic heterocycles. The maximum absolute atomic E-state index is 12.4. The standard InChI is InChI=1S/C19H22N4O2/c1-12(16-11-20-23(4)13(16)2)21-18(24)10-17-14(3)25-19(22-17)15-8-6-5-7-9-15/h5-9,11-12H,10H2,1-4H3,(H,21,24)/t12-/m1/s1. The minimum atomic E-state index is -0.109. The molecule has 25 heavy (non-hydrogen) atoms. The topological polar surface area (TPSA) is 73.0 Å². The van der Waals surface area contributed by atoms with Gasteiger partial charge in [-0.15, -0.1) is 0 Å². The third-order valence-electron chi connectivity index (χ3n) is 4.36. The van der Waals surface area contributed by atoms with Crippen molar-refractivity contribution in [3.8, 4) is 11.5 Å². The number of nitrogens with one attached hydrogen (secondary N) is 1. The first-order chi connectivity index (χ1) is 12.0. The smallest absolute Gasteiger partial charge is 0.226 e. The quantitative estimate of drug-likeness (QED) is 0.776. The molecular weight excluding hydrogens is 316 g/mol. The number of rotatable bonds is 5. The fourth-order valence-corrected chi connectivity index (χ4v) is 2.76. The predicted octanol–water partition coefficient (Wildman–Crippen LogP) is 3.11. The Morgan fingerprint density at radius 3 is 2.64 bits per heavy atom. The molecule has 1 N–H and O–H groups in total. The molecule has 0 radical (unpaired) electrons. The second kappa shape index (κ2) is 6.93. The monoisotopic (exact) mass is 338 g/mol. The van der Waals surface area contributed by atoms with E-state index in [9.17, 15) is 4.79 Å². The van der Waals surface area contributed by atoms with Crippen LogP contribution >= 0.6 is 0 Å². The summed E-state index contributed by atoms with van der Waals surface area (Å²) in [5.74, 6) is 1.11. The predicted molar refractivity (Wildman–Crippen MR) is 94.9 cm³/mol. The third kappa shape index (κ3) is 3.63. The van der Waals surface area contributed by atoms with Crippen LogP contribution in [-0.4, -0.2) is 20.7 Å². The summed E-state index contributed by atoms with van der Waals surface area (Å²) < 4.78 is 7.51. The minimum absolute atomic E-state index is 0.0910. The molecule has 130 valence electrons. The fourth-order valence-electron chi connectivity index (χ4n) is 2.76. The number of carbonyl (C=O) groups is 1. The number of aromatic nitrogens is 3. The van der Waals surface area contributed by atoms with E-state index in [2.05, 4.69) is 15.4 Å². The minimum Gasteiger partial charge on any atom is -0.441 e. The second-order valence-electron chi connectivity index (χ2n) is 6.16. The molecule has 6 nitrogen and oxygen atoms in total. The highest BCUT2D eigenvalue weighted by Crippen LogP contribution is 2.22. The Balaban J connectivity index is 1.69. The Morgan fingerprint density at radius 2 is 2.00 bits per heavy atom. The number of oxazole rings is 1. The molecule has 0 aliphatic heterocycles. The van der Waals surface area contributed by atoms with Gasteiger partial charge in [-0.25, -0.2) is 4.98 Å². The Kier molecular flexibility index (Phi) is 4.70. The van der Waals surface area contributed by atoms with E-state index in [0.29, 0.717) is 17.3 Å². The van der Waals surface area contributed by atoms with Gasteiger partial charge in [0.05, 0.1) is 24.4 Å². The second-order valence-corrected chi connectivity index (χ2v) is 6.16. The molecule has 6 heteroatoms. The number of benzene rings is 1. The van der Waals surface area contributed by atoms with Crippen molar-refractivity contribution in [1.82, 2.24) is 20.1 Å². The van der Waals surface area contributed by atoms with Gasteiger partial charge in [-0.1, -0.05) is 18.2 Å². The molecule has 0 aliphatic rings. The van der Waals surface area contributed by atoms with Crippen molar-refractivity contribution in [2.45, 2.75) is 33.2 Å². The maximum Gasteiger partial charge on any atom is 0.226 e. The average molecular weight is 338 g/mol. The third-order valence-corrected chi connectivity index (χ3v) is 4.36. The lowest BCUT2D eigenvalue weighted by molar-refractivity contribution is -0.121. The highest BCUT2D eigenvalue weighted by molar-refractivity contribution is 5.79. The van der Waals surface area contributed by atoms with E-state index < -0.39 is 0 Å². The van der Waals surface area contributed by atoms with E-state index >= 15 is 0 Å². The summed E-state index contributed by atoms with van der Waals surface area (Å²) in [6.45, 7) is 5.77. The molecule has 1 amide bonds. The Hall–Kier alpha value is -2.89. The molecule has 0 spiro atoms. The molecule has 3 rings (SSSR count). The van der Waals surface area contributed by atoms with Crippen molar-refractivity contribution in [2.75, 3.05) is 0 Å².